The summed E-state index contributed by atoms with van der Waals surface area (Å²) in [4.78, 5) is 13.5. The van der Waals surface area contributed by atoms with E-state index in [1.807, 2.05) is 37.3 Å². The Hall–Kier alpha value is -2.04. The number of likely N-dealkylation sites (N-methyl/N-ethyl adjacent to an activating group) is 1. The van der Waals surface area contributed by atoms with Gasteiger partial charge in [-0.3, -0.25) is 4.79 Å². The van der Waals surface area contributed by atoms with Crippen molar-refractivity contribution in [1.82, 2.24) is 0 Å². The van der Waals surface area contributed by atoms with E-state index in [4.69, 9.17) is 16.3 Å². The molecular formula is C19H24ClN2O2+. The van der Waals surface area contributed by atoms with Crippen LogP contribution in [0.15, 0.2) is 42.5 Å². The molecule has 2 N–H and O–H groups in total. The average molecular weight is 348 g/mol. The van der Waals surface area contributed by atoms with Gasteiger partial charge in [0, 0.05) is 16.3 Å². The van der Waals surface area contributed by atoms with Gasteiger partial charge in [0.1, 0.15) is 12.3 Å². The van der Waals surface area contributed by atoms with E-state index in [9.17, 15) is 4.79 Å². The van der Waals surface area contributed by atoms with E-state index in [0.29, 0.717) is 11.6 Å². The number of anilines is 1. The molecule has 0 bridgehead atoms. The van der Waals surface area contributed by atoms with Crippen molar-refractivity contribution in [2.24, 2.45) is 0 Å². The van der Waals surface area contributed by atoms with E-state index in [2.05, 4.69) is 18.3 Å². The van der Waals surface area contributed by atoms with Gasteiger partial charge in [-0.2, -0.15) is 0 Å². The first-order chi connectivity index (χ1) is 11.5. The van der Waals surface area contributed by atoms with Gasteiger partial charge in [0.15, 0.2) is 6.54 Å². The first kappa shape index (κ1) is 18.3. The minimum Gasteiger partial charge on any atom is -0.497 e. The zero-order valence-corrected chi connectivity index (χ0v) is 15.1. The van der Waals surface area contributed by atoms with Crippen LogP contribution < -0.4 is 15.0 Å². The van der Waals surface area contributed by atoms with E-state index >= 15 is 0 Å². The van der Waals surface area contributed by atoms with Crippen LogP contribution in [0.2, 0.25) is 5.02 Å². The van der Waals surface area contributed by atoms with Crippen LogP contribution in [0.5, 0.6) is 5.75 Å². The lowest BCUT2D eigenvalue weighted by Crippen LogP contribution is -3.11. The number of hydrogen-bond acceptors (Lipinski definition) is 2. The minimum absolute atomic E-state index is 0.0138. The highest BCUT2D eigenvalue weighted by Crippen LogP contribution is 2.19. The molecule has 2 aromatic rings. The Morgan fingerprint density at radius 1 is 1.25 bits per heavy atom. The minimum atomic E-state index is -0.0138. The number of amides is 1. The molecule has 0 aliphatic rings. The van der Waals surface area contributed by atoms with Crippen molar-refractivity contribution in [3.63, 3.8) is 0 Å². The monoisotopic (exact) mass is 347 g/mol. The second-order valence-corrected chi connectivity index (χ2v) is 6.25. The third kappa shape index (κ3) is 5.25. The lowest BCUT2D eigenvalue weighted by molar-refractivity contribution is -0.903. The lowest BCUT2D eigenvalue weighted by Gasteiger charge is -2.18. The van der Waals surface area contributed by atoms with Crippen molar-refractivity contribution in [3.05, 3.63) is 58.6 Å². The van der Waals surface area contributed by atoms with Gasteiger partial charge >= 0.3 is 0 Å². The first-order valence-electron chi connectivity index (χ1n) is 8.04. The molecule has 2 rings (SSSR count). The number of carbonyl (C=O) groups excluding carboxylic acids is 1. The Morgan fingerprint density at radius 2 is 2.04 bits per heavy atom. The van der Waals surface area contributed by atoms with Crippen LogP contribution in [-0.4, -0.2) is 26.1 Å². The predicted octanol–water partition coefficient (Wildman–Crippen LogP) is 2.70. The summed E-state index contributed by atoms with van der Waals surface area (Å²) in [6, 6.07) is 13.5. The van der Waals surface area contributed by atoms with Crippen LogP contribution in [0.25, 0.3) is 0 Å². The lowest BCUT2D eigenvalue weighted by atomic mass is 10.2. The maximum absolute atomic E-state index is 12.4. The van der Waals surface area contributed by atoms with Crippen LogP contribution in [0.4, 0.5) is 5.69 Å². The van der Waals surface area contributed by atoms with Gasteiger partial charge in [0.25, 0.3) is 5.91 Å². The fourth-order valence-electron chi connectivity index (χ4n) is 2.53. The molecule has 1 unspecified atom stereocenters. The molecule has 2 aromatic carbocycles. The molecule has 0 spiro atoms. The van der Waals surface area contributed by atoms with Crippen molar-refractivity contribution in [3.8, 4) is 5.75 Å². The summed E-state index contributed by atoms with van der Waals surface area (Å²) in [7, 11) is 1.66. The number of aryl methyl sites for hydroxylation is 1. The molecule has 0 aromatic heterocycles. The largest absolute Gasteiger partial charge is 0.497 e. The topological polar surface area (TPSA) is 42.8 Å². The second kappa shape index (κ2) is 8.71. The number of halogens is 1. The molecule has 5 heteroatoms. The highest BCUT2D eigenvalue weighted by Gasteiger charge is 2.14. The number of hydrogen-bond donors (Lipinski definition) is 2. The van der Waals surface area contributed by atoms with E-state index in [1.165, 1.54) is 4.90 Å². The van der Waals surface area contributed by atoms with E-state index in [1.54, 1.807) is 13.2 Å². The summed E-state index contributed by atoms with van der Waals surface area (Å²) in [5, 5.41) is 3.57. The van der Waals surface area contributed by atoms with Crippen LogP contribution in [0.3, 0.4) is 0 Å². The molecular weight excluding hydrogens is 324 g/mol. The van der Waals surface area contributed by atoms with Gasteiger partial charge < -0.3 is 15.0 Å². The van der Waals surface area contributed by atoms with E-state index < -0.39 is 0 Å². The molecule has 24 heavy (non-hydrogen) atoms. The second-order valence-electron chi connectivity index (χ2n) is 5.82. The zero-order chi connectivity index (χ0) is 17.5. The van der Waals surface area contributed by atoms with Gasteiger partial charge in [0.2, 0.25) is 0 Å². The highest BCUT2D eigenvalue weighted by atomic mass is 35.5. The van der Waals surface area contributed by atoms with Crippen molar-refractivity contribution < 1.29 is 14.4 Å². The quantitative estimate of drug-likeness (QED) is 0.808. The number of ether oxygens (including phenoxy) is 1. The number of quaternary nitrogens is 1. The van der Waals surface area contributed by atoms with Crippen LogP contribution in [0.1, 0.15) is 18.1 Å². The Bertz CT molecular complexity index is 704. The Kier molecular flexibility index (Phi) is 6.64. The molecule has 1 amide bonds. The van der Waals surface area contributed by atoms with Crippen molar-refractivity contribution in [2.45, 2.75) is 20.4 Å². The Balaban J connectivity index is 1.98. The predicted molar refractivity (Wildman–Crippen MR) is 97.9 cm³/mol. The molecule has 0 heterocycles. The molecule has 1 atom stereocenters. The number of nitrogens with one attached hydrogen (secondary N) is 2. The third-order valence-electron chi connectivity index (χ3n) is 3.97. The summed E-state index contributed by atoms with van der Waals surface area (Å²) in [6.45, 7) is 6.06. The molecule has 0 aliphatic carbocycles. The summed E-state index contributed by atoms with van der Waals surface area (Å²) in [6.07, 6.45) is 0. The van der Waals surface area contributed by atoms with E-state index in [-0.39, 0.29) is 5.91 Å². The summed E-state index contributed by atoms with van der Waals surface area (Å²) in [5.74, 6) is 0.821. The molecule has 0 fully saturated rings. The number of methoxy groups -OCH3 is 1. The summed E-state index contributed by atoms with van der Waals surface area (Å²) in [5.41, 5.74) is 2.92. The molecule has 0 saturated carbocycles. The molecule has 0 saturated heterocycles. The number of benzene rings is 2. The summed E-state index contributed by atoms with van der Waals surface area (Å²) < 4.78 is 5.25. The average Bonchev–Trinajstić information content (AvgIpc) is 2.57. The van der Waals surface area contributed by atoms with Gasteiger partial charge in [-0.05, 0) is 43.7 Å². The summed E-state index contributed by atoms with van der Waals surface area (Å²) >= 11 is 6.00. The van der Waals surface area contributed by atoms with Gasteiger partial charge in [-0.25, -0.2) is 0 Å². The normalized spacial score (nSPS) is 11.8. The zero-order valence-electron chi connectivity index (χ0n) is 14.4. The Labute approximate surface area is 148 Å². The van der Waals surface area contributed by atoms with Crippen molar-refractivity contribution in [2.75, 3.05) is 25.5 Å². The molecule has 128 valence electrons. The maximum Gasteiger partial charge on any atom is 0.279 e. The molecule has 0 radical (unpaired) electrons. The van der Waals surface area contributed by atoms with Gasteiger partial charge in [0.05, 0.1) is 13.7 Å². The first-order valence-corrected chi connectivity index (χ1v) is 8.42. The number of carbonyl (C=O) groups is 1. The van der Waals surface area contributed by atoms with E-state index in [0.717, 1.165) is 35.7 Å². The van der Waals surface area contributed by atoms with Gasteiger partial charge in [-0.1, -0.05) is 29.8 Å². The molecule has 4 nitrogen and oxygen atoms in total. The molecule has 0 aliphatic heterocycles. The van der Waals surface area contributed by atoms with Crippen molar-refractivity contribution in [1.29, 1.82) is 0 Å². The highest BCUT2D eigenvalue weighted by molar-refractivity contribution is 6.31. The Morgan fingerprint density at radius 3 is 2.75 bits per heavy atom. The fraction of sp³-hybridized carbons (Fsp3) is 0.316. The number of rotatable bonds is 7. The van der Waals surface area contributed by atoms with Crippen LogP contribution >= 0.6 is 11.6 Å². The SMILES string of the molecule is CC[NH+](CC(=O)Nc1cc(Cl)ccc1C)Cc1cccc(OC)c1. The smallest absolute Gasteiger partial charge is 0.279 e. The van der Waals surface area contributed by atoms with Crippen LogP contribution in [-0.2, 0) is 11.3 Å². The fourth-order valence-corrected chi connectivity index (χ4v) is 2.71. The van der Waals surface area contributed by atoms with Crippen LogP contribution in [0, 0.1) is 6.92 Å². The van der Waals surface area contributed by atoms with Gasteiger partial charge in [-0.15, -0.1) is 0 Å². The maximum atomic E-state index is 12.4. The third-order valence-corrected chi connectivity index (χ3v) is 4.21. The van der Waals surface area contributed by atoms with Crippen molar-refractivity contribution >= 4 is 23.2 Å². The standard InChI is InChI=1S/C19H23ClN2O2/c1-4-22(12-15-6-5-7-17(10-15)24-3)13-19(23)21-18-11-16(20)9-8-14(18)2/h5-11H,4,12-13H2,1-3H3,(H,21,23)/p+1.